The Morgan fingerprint density at radius 2 is 2.07 bits per heavy atom. The highest BCUT2D eigenvalue weighted by Crippen LogP contribution is 2.23. The molecule has 2 amide bonds. The maximum absolute atomic E-state index is 12.5. The Hall–Kier alpha value is -2.08. The standard InChI is InChI=1S/C21H28N2O4/c24-20(22-17-8-9-17)16-5-1-6-18(12-16)27-14-15-4-2-10-23(13-15)21(25)19-7-3-11-26-19/h1,5-6,12,15,17,19H,2-4,7-11,13-14H2,(H,22,24)/t15-,19-/m0/s1. The van der Waals surface area contributed by atoms with Crippen molar-refractivity contribution in [3.63, 3.8) is 0 Å². The van der Waals surface area contributed by atoms with Crippen LogP contribution in [-0.2, 0) is 9.53 Å². The number of rotatable bonds is 6. The van der Waals surface area contributed by atoms with E-state index in [1.54, 1.807) is 6.07 Å². The van der Waals surface area contributed by atoms with E-state index in [1.165, 1.54) is 0 Å². The Balaban J connectivity index is 1.29. The van der Waals surface area contributed by atoms with Crippen molar-refractivity contribution in [2.75, 3.05) is 26.3 Å². The molecule has 1 aliphatic carbocycles. The van der Waals surface area contributed by atoms with Crippen LogP contribution in [0.15, 0.2) is 24.3 Å². The van der Waals surface area contributed by atoms with Gasteiger partial charge in [-0.15, -0.1) is 0 Å². The highest BCUT2D eigenvalue weighted by Gasteiger charge is 2.31. The summed E-state index contributed by atoms with van der Waals surface area (Å²) in [6, 6.07) is 7.69. The summed E-state index contributed by atoms with van der Waals surface area (Å²) in [4.78, 5) is 26.7. The quantitative estimate of drug-likeness (QED) is 0.833. The molecule has 0 spiro atoms. The fraction of sp³-hybridized carbons (Fsp3) is 0.619. The second kappa shape index (κ2) is 8.30. The van der Waals surface area contributed by atoms with Gasteiger partial charge in [-0.2, -0.15) is 0 Å². The Labute approximate surface area is 160 Å². The van der Waals surface area contributed by atoms with Gasteiger partial charge in [0, 0.05) is 37.2 Å². The molecule has 2 aliphatic heterocycles. The predicted molar refractivity (Wildman–Crippen MR) is 101 cm³/mol. The predicted octanol–water partition coefficient (Wildman–Crippen LogP) is 2.38. The summed E-state index contributed by atoms with van der Waals surface area (Å²) in [5, 5.41) is 3.00. The molecule has 2 atom stereocenters. The van der Waals surface area contributed by atoms with Gasteiger partial charge < -0.3 is 19.7 Å². The fourth-order valence-electron chi connectivity index (χ4n) is 3.81. The number of ether oxygens (including phenoxy) is 2. The van der Waals surface area contributed by atoms with Crippen LogP contribution in [0.4, 0.5) is 0 Å². The van der Waals surface area contributed by atoms with Gasteiger partial charge in [-0.05, 0) is 56.7 Å². The van der Waals surface area contributed by atoms with E-state index in [0.29, 0.717) is 36.5 Å². The number of nitrogens with zero attached hydrogens (tertiary/aromatic N) is 1. The van der Waals surface area contributed by atoms with E-state index >= 15 is 0 Å². The van der Waals surface area contributed by atoms with Crippen molar-refractivity contribution in [3.8, 4) is 5.75 Å². The number of piperidine rings is 1. The highest BCUT2D eigenvalue weighted by atomic mass is 16.5. The minimum atomic E-state index is -0.244. The summed E-state index contributed by atoms with van der Waals surface area (Å²) in [5.74, 6) is 1.12. The number of benzene rings is 1. The monoisotopic (exact) mass is 372 g/mol. The van der Waals surface area contributed by atoms with E-state index in [1.807, 2.05) is 23.1 Å². The van der Waals surface area contributed by atoms with Gasteiger partial charge in [0.1, 0.15) is 11.9 Å². The molecule has 2 saturated heterocycles. The third-order valence-corrected chi connectivity index (χ3v) is 5.53. The molecular weight excluding hydrogens is 344 g/mol. The average molecular weight is 372 g/mol. The molecule has 3 fully saturated rings. The third-order valence-electron chi connectivity index (χ3n) is 5.53. The molecule has 146 valence electrons. The van der Waals surface area contributed by atoms with E-state index in [0.717, 1.165) is 51.6 Å². The molecular formula is C21H28N2O4. The molecule has 2 heterocycles. The van der Waals surface area contributed by atoms with Crippen LogP contribution in [0.3, 0.4) is 0 Å². The lowest BCUT2D eigenvalue weighted by atomic mass is 9.98. The summed E-state index contributed by atoms with van der Waals surface area (Å²) >= 11 is 0. The molecule has 1 N–H and O–H groups in total. The first kappa shape index (κ1) is 18.3. The normalized spacial score (nSPS) is 25.3. The van der Waals surface area contributed by atoms with E-state index in [4.69, 9.17) is 9.47 Å². The van der Waals surface area contributed by atoms with Gasteiger partial charge in [0.05, 0.1) is 6.61 Å². The molecule has 1 aromatic rings. The van der Waals surface area contributed by atoms with Crippen molar-refractivity contribution in [2.45, 2.75) is 50.7 Å². The second-order valence-electron chi connectivity index (χ2n) is 7.88. The van der Waals surface area contributed by atoms with Crippen molar-refractivity contribution >= 4 is 11.8 Å². The molecule has 0 unspecified atom stereocenters. The van der Waals surface area contributed by atoms with Gasteiger partial charge in [0.15, 0.2) is 0 Å². The molecule has 0 aromatic heterocycles. The molecule has 4 rings (SSSR count). The van der Waals surface area contributed by atoms with Crippen LogP contribution in [0.25, 0.3) is 0 Å². The molecule has 0 bridgehead atoms. The number of carbonyl (C=O) groups is 2. The number of hydrogen-bond acceptors (Lipinski definition) is 4. The largest absolute Gasteiger partial charge is 0.493 e. The minimum absolute atomic E-state index is 0.0334. The zero-order valence-electron chi connectivity index (χ0n) is 15.7. The topological polar surface area (TPSA) is 67.9 Å². The summed E-state index contributed by atoms with van der Waals surface area (Å²) in [6.45, 7) is 2.79. The first-order chi connectivity index (χ1) is 13.2. The summed E-state index contributed by atoms with van der Waals surface area (Å²) in [5.41, 5.74) is 0.637. The summed E-state index contributed by atoms with van der Waals surface area (Å²) < 4.78 is 11.5. The van der Waals surface area contributed by atoms with Crippen molar-refractivity contribution < 1.29 is 19.1 Å². The first-order valence-corrected chi connectivity index (χ1v) is 10.1. The van der Waals surface area contributed by atoms with Crippen LogP contribution in [-0.4, -0.2) is 55.2 Å². The number of amides is 2. The molecule has 27 heavy (non-hydrogen) atoms. The Morgan fingerprint density at radius 1 is 1.19 bits per heavy atom. The lowest BCUT2D eigenvalue weighted by Crippen LogP contribution is -2.45. The van der Waals surface area contributed by atoms with Crippen LogP contribution in [0.5, 0.6) is 5.75 Å². The molecule has 6 heteroatoms. The van der Waals surface area contributed by atoms with Crippen LogP contribution < -0.4 is 10.1 Å². The first-order valence-electron chi connectivity index (χ1n) is 10.1. The highest BCUT2D eigenvalue weighted by molar-refractivity contribution is 5.94. The van der Waals surface area contributed by atoms with Crippen molar-refractivity contribution in [1.82, 2.24) is 10.2 Å². The Bertz CT molecular complexity index is 683. The van der Waals surface area contributed by atoms with Gasteiger partial charge in [-0.1, -0.05) is 6.07 Å². The van der Waals surface area contributed by atoms with Crippen LogP contribution in [0.1, 0.15) is 48.9 Å². The number of carbonyl (C=O) groups excluding carboxylic acids is 2. The zero-order chi connectivity index (χ0) is 18.6. The zero-order valence-corrected chi connectivity index (χ0v) is 15.7. The van der Waals surface area contributed by atoms with Gasteiger partial charge in [-0.25, -0.2) is 0 Å². The average Bonchev–Trinajstić information content (AvgIpc) is 3.34. The van der Waals surface area contributed by atoms with Crippen LogP contribution >= 0.6 is 0 Å². The molecule has 0 radical (unpaired) electrons. The molecule has 3 aliphatic rings. The van der Waals surface area contributed by atoms with Crippen LogP contribution in [0.2, 0.25) is 0 Å². The lowest BCUT2D eigenvalue weighted by molar-refractivity contribution is -0.143. The number of nitrogens with one attached hydrogen (secondary N) is 1. The number of hydrogen-bond donors (Lipinski definition) is 1. The fourth-order valence-corrected chi connectivity index (χ4v) is 3.81. The SMILES string of the molecule is O=C(NC1CC1)c1cccc(OC[C@H]2CCCN(C(=O)[C@@H]3CCCO3)C2)c1. The van der Waals surface area contributed by atoms with E-state index in [2.05, 4.69) is 5.32 Å². The third kappa shape index (κ3) is 4.80. The van der Waals surface area contributed by atoms with E-state index in [9.17, 15) is 9.59 Å². The smallest absolute Gasteiger partial charge is 0.251 e. The van der Waals surface area contributed by atoms with Crippen molar-refractivity contribution in [2.24, 2.45) is 5.92 Å². The summed E-state index contributed by atoms with van der Waals surface area (Å²) in [6.07, 6.45) is 5.77. The summed E-state index contributed by atoms with van der Waals surface area (Å²) in [7, 11) is 0. The Kier molecular flexibility index (Phi) is 5.62. The minimum Gasteiger partial charge on any atom is -0.493 e. The molecule has 1 aromatic carbocycles. The van der Waals surface area contributed by atoms with Crippen molar-refractivity contribution in [3.05, 3.63) is 29.8 Å². The molecule has 6 nitrogen and oxygen atoms in total. The maximum Gasteiger partial charge on any atom is 0.251 e. The van der Waals surface area contributed by atoms with Gasteiger partial charge in [0.25, 0.3) is 11.8 Å². The van der Waals surface area contributed by atoms with Crippen LogP contribution in [0, 0.1) is 5.92 Å². The maximum atomic E-state index is 12.5. The second-order valence-corrected chi connectivity index (χ2v) is 7.88. The van der Waals surface area contributed by atoms with Gasteiger partial charge in [-0.3, -0.25) is 9.59 Å². The number of likely N-dealkylation sites (tertiary alicyclic amines) is 1. The van der Waals surface area contributed by atoms with E-state index in [-0.39, 0.29) is 17.9 Å². The Morgan fingerprint density at radius 3 is 2.85 bits per heavy atom. The van der Waals surface area contributed by atoms with E-state index < -0.39 is 0 Å². The molecule has 1 saturated carbocycles. The van der Waals surface area contributed by atoms with Crippen molar-refractivity contribution in [1.29, 1.82) is 0 Å². The lowest BCUT2D eigenvalue weighted by Gasteiger charge is -2.34. The van der Waals surface area contributed by atoms with Gasteiger partial charge >= 0.3 is 0 Å². The van der Waals surface area contributed by atoms with Gasteiger partial charge in [0.2, 0.25) is 0 Å².